The Morgan fingerprint density at radius 3 is 2.65 bits per heavy atom. The molecule has 1 rings (SSSR count). The van der Waals surface area contributed by atoms with Crippen molar-refractivity contribution in [3.8, 4) is 5.75 Å². The lowest BCUT2D eigenvalue weighted by Gasteiger charge is -2.25. The number of halogens is 1. The molecule has 0 aliphatic heterocycles. The summed E-state index contributed by atoms with van der Waals surface area (Å²) in [5, 5.41) is 0.757. The second-order valence-electron chi connectivity index (χ2n) is 4.49. The van der Waals surface area contributed by atoms with E-state index in [0.717, 1.165) is 28.6 Å². The number of aryl methyl sites for hydroxylation is 1. The molecule has 3 nitrogen and oxygen atoms in total. The highest BCUT2D eigenvalue weighted by Crippen LogP contribution is 2.33. The highest BCUT2D eigenvalue weighted by Gasteiger charge is 2.13. The standard InChI is InChI=1S/C13H21ClN2O/c1-9(7-15)8-16(3)12-6-11(14)10(2)5-13(12)17-4/h5-6,9H,7-8,15H2,1-4H3. The zero-order valence-corrected chi connectivity index (χ0v) is 11.7. The summed E-state index contributed by atoms with van der Waals surface area (Å²) in [5.74, 6) is 1.28. The Hall–Kier alpha value is -0.930. The van der Waals surface area contributed by atoms with Crippen LogP contribution >= 0.6 is 11.6 Å². The number of hydrogen-bond acceptors (Lipinski definition) is 3. The Labute approximate surface area is 109 Å². The summed E-state index contributed by atoms with van der Waals surface area (Å²) in [6.07, 6.45) is 0. The molecule has 1 aromatic rings. The Kier molecular flexibility index (Phi) is 5.09. The summed E-state index contributed by atoms with van der Waals surface area (Å²) >= 11 is 6.15. The van der Waals surface area contributed by atoms with E-state index in [1.165, 1.54) is 0 Å². The van der Waals surface area contributed by atoms with Crippen molar-refractivity contribution in [1.29, 1.82) is 0 Å². The van der Waals surface area contributed by atoms with Crippen molar-refractivity contribution >= 4 is 17.3 Å². The highest BCUT2D eigenvalue weighted by molar-refractivity contribution is 6.31. The smallest absolute Gasteiger partial charge is 0.142 e. The van der Waals surface area contributed by atoms with E-state index >= 15 is 0 Å². The minimum atomic E-state index is 0.435. The molecule has 0 heterocycles. The van der Waals surface area contributed by atoms with Crippen LogP contribution in [0.1, 0.15) is 12.5 Å². The molecule has 0 fully saturated rings. The van der Waals surface area contributed by atoms with E-state index in [4.69, 9.17) is 22.1 Å². The van der Waals surface area contributed by atoms with Crippen LogP contribution in [0.5, 0.6) is 5.75 Å². The number of nitrogens with zero attached hydrogens (tertiary/aromatic N) is 1. The Morgan fingerprint density at radius 2 is 2.12 bits per heavy atom. The third kappa shape index (κ3) is 3.51. The van der Waals surface area contributed by atoms with Gasteiger partial charge in [0.25, 0.3) is 0 Å². The first-order valence-corrected chi connectivity index (χ1v) is 6.12. The van der Waals surface area contributed by atoms with Crippen molar-refractivity contribution in [2.45, 2.75) is 13.8 Å². The van der Waals surface area contributed by atoms with Crippen LogP contribution in [0.2, 0.25) is 5.02 Å². The van der Waals surface area contributed by atoms with Crippen molar-refractivity contribution < 1.29 is 4.74 Å². The molecule has 0 amide bonds. The molecule has 0 aliphatic rings. The predicted molar refractivity (Wildman–Crippen MR) is 74.2 cm³/mol. The van der Waals surface area contributed by atoms with Gasteiger partial charge in [0.15, 0.2) is 0 Å². The van der Waals surface area contributed by atoms with Crippen LogP contribution < -0.4 is 15.4 Å². The SMILES string of the molecule is COc1cc(C)c(Cl)cc1N(C)CC(C)CN. The lowest BCUT2D eigenvalue weighted by Crippen LogP contribution is -2.28. The maximum absolute atomic E-state index is 6.15. The number of methoxy groups -OCH3 is 1. The minimum absolute atomic E-state index is 0.435. The number of nitrogens with two attached hydrogens (primary N) is 1. The molecule has 17 heavy (non-hydrogen) atoms. The summed E-state index contributed by atoms with van der Waals surface area (Å²) in [6.45, 7) is 5.65. The second-order valence-corrected chi connectivity index (χ2v) is 4.90. The first-order chi connectivity index (χ1) is 7.99. The van der Waals surface area contributed by atoms with Crippen molar-refractivity contribution in [1.82, 2.24) is 0 Å². The molecule has 4 heteroatoms. The van der Waals surface area contributed by atoms with Gasteiger partial charge in [-0.05, 0) is 37.1 Å². The Bertz CT molecular complexity index is 382. The normalized spacial score (nSPS) is 12.4. The van der Waals surface area contributed by atoms with Gasteiger partial charge in [0.1, 0.15) is 5.75 Å². The molecule has 0 bridgehead atoms. The van der Waals surface area contributed by atoms with E-state index < -0.39 is 0 Å². The molecule has 1 aromatic carbocycles. The highest BCUT2D eigenvalue weighted by atomic mass is 35.5. The Morgan fingerprint density at radius 1 is 1.47 bits per heavy atom. The first-order valence-electron chi connectivity index (χ1n) is 5.75. The molecule has 0 aromatic heterocycles. The summed E-state index contributed by atoms with van der Waals surface area (Å²) in [6, 6.07) is 3.90. The van der Waals surface area contributed by atoms with Gasteiger partial charge in [0.05, 0.1) is 12.8 Å². The fraction of sp³-hybridized carbons (Fsp3) is 0.538. The van der Waals surface area contributed by atoms with Crippen LogP contribution in [0.4, 0.5) is 5.69 Å². The molecule has 1 unspecified atom stereocenters. The topological polar surface area (TPSA) is 38.5 Å². The summed E-state index contributed by atoms with van der Waals surface area (Å²) in [7, 11) is 3.70. The number of benzene rings is 1. The molecule has 96 valence electrons. The maximum atomic E-state index is 6.15. The van der Waals surface area contributed by atoms with Crippen molar-refractivity contribution in [2.24, 2.45) is 11.7 Å². The zero-order valence-electron chi connectivity index (χ0n) is 11.0. The maximum Gasteiger partial charge on any atom is 0.142 e. The van der Waals surface area contributed by atoms with E-state index in [2.05, 4.69) is 11.8 Å². The quantitative estimate of drug-likeness (QED) is 0.880. The van der Waals surface area contributed by atoms with Crippen molar-refractivity contribution in [3.63, 3.8) is 0 Å². The molecule has 1 atom stereocenters. The summed E-state index contributed by atoms with van der Waals surface area (Å²) in [4.78, 5) is 2.13. The number of rotatable bonds is 5. The van der Waals surface area contributed by atoms with Gasteiger partial charge in [0.2, 0.25) is 0 Å². The van der Waals surface area contributed by atoms with Crippen LogP contribution in [0.15, 0.2) is 12.1 Å². The van der Waals surface area contributed by atoms with Gasteiger partial charge in [-0.25, -0.2) is 0 Å². The number of ether oxygens (including phenoxy) is 1. The van der Waals surface area contributed by atoms with E-state index in [1.807, 2.05) is 26.1 Å². The number of hydrogen-bond donors (Lipinski definition) is 1. The average molecular weight is 257 g/mol. The molecule has 0 saturated carbocycles. The largest absolute Gasteiger partial charge is 0.495 e. The summed E-state index contributed by atoms with van der Waals surface area (Å²) < 4.78 is 5.39. The lowest BCUT2D eigenvalue weighted by molar-refractivity contribution is 0.413. The monoisotopic (exact) mass is 256 g/mol. The molecule has 0 radical (unpaired) electrons. The fourth-order valence-electron chi connectivity index (χ4n) is 1.75. The van der Waals surface area contributed by atoms with Gasteiger partial charge < -0.3 is 15.4 Å². The second kappa shape index (κ2) is 6.12. The van der Waals surface area contributed by atoms with Crippen LogP contribution in [-0.4, -0.2) is 27.2 Å². The molecule has 0 spiro atoms. The van der Waals surface area contributed by atoms with Crippen molar-refractivity contribution in [2.75, 3.05) is 32.1 Å². The third-order valence-corrected chi connectivity index (χ3v) is 3.27. The molecular weight excluding hydrogens is 236 g/mol. The van der Waals surface area contributed by atoms with Crippen LogP contribution in [0.25, 0.3) is 0 Å². The molecule has 0 aliphatic carbocycles. The fourth-order valence-corrected chi connectivity index (χ4v) is 1.90. The zero-order chi connectivity index (χ0) is 13.0. The average Bonchev–Trinajstić information content (AvgIpc) is 2.31. The van der Waals surface area contributed by atoms with E-state index in [-0.39, 0.29) is 0 Å². The van der Waals surface area contributed by atoms with Gasteiger partial charge >= 0.3 is 0 Å². The van der Waals surface area contributed by atoms with Crippen LogP contribution in [0, 0.1) is 12.8 Å². The summed E-state index contributed by atoms with van der Waals surface area (Å²) in [5.41, 5.74) is 7.66. The van der Waals surface area contributed by atoms with E-state index in [0.29, 0.717) is 12.5 Å². The Balaban J connectivity index is 2.99. The van der Waals surface area contributed by atoms with Gasteiger partial charge in [0, 0.05) is 18.6 Å². The third-order valence-electron chi connectivity index (χ3n) is 2.86. The molecule has 2 N–H and O–H groups in total. The van der Waals surface area contributed by atoms with Crippen LogP contribution in [0.3, 0.4) is 0 Å². The van der Waals surface area contributed by atoms with Crippen molar-refractivity contribution in [3.05, 3.63) is 22.7 Å². The van der Waals surface area contributed by atoms with Gasteiger partial charge in [-0.2, -0.15) is 0 Å². The molecule has 0 saturated heterocycles. The lowest BCUT2D eigenvalue weighted by atomic mass is 10.1. The predicted octanol–water partition coefficient (Wildman–Crippen LogP) is 2.69. The van der Waals surface area contributed by atoms with Gasteiger partial charge in [-0.1, -0.05) is 18.5 Å². The van der Waals surface area contributed by atoms with Gasteiger partial charge in [-0.15, -0.1) is 0 Å². The van der Waals surface area contributed by atoms with Gasteiger partial charge in [-0.3, -0.25) is 0 Å². The number of anilines is 1. The van der Waals surface area contributed by atoms with E-state index in [9.17, 15) is 0 Å². The van der Waals surface area contributed by atoms with E-state index in [1.54, 1.807) is 7.11 Å². The van der Waals surface area contributed by atoms with Crippen LogP contribution in [-0.2, 0) is 0 Å². The molecular formula is C13H21ClN2O. The first kappa shape index (κ1) is 14.1. The minimum Gasteiger partial charge on any atom is -0.495 e.